The van der Waals surface area contributed by atoms with E-state index in [-0.39, 0.29) is 0 Å². The van der Waals surface area contributed by atoms with Crippen molar-refractivity contribution in [3.05, 3.63) is 46.5 Å². The van der Waals surface area contributed by atoms with E-state index in [4.69, 9.17) is 0 Å². The van der Waals surface area contributed by atoms with Gasteiger partial charge in [0.15, 0.2) is 0 Å². The highest BCUT2D eigenvalue weighted by Crippen LogP contribution is 2.32. The molecule has 0 bridgehead atoms. The first-order valence-electron chi connectivity index (χ1n) is 5.07. The van der Waals surface area contributed by atoms with Crippen LogP contribution in [0.2, 0.25) is 0 Å². The number of rotatable bonds is 0. The van der Waals surface area contributed by atoms with Gasteiger partial charge in [0.05, 0.1) is 0 Å². The Morgan fingerprint density at radius 1 is 0.714 bits per heavy atom. The van der Waals surface area contributed by atoms with Crippen molar-refractivity contribution in [3.63, 3.8) is 0 Å². The molecule has 14 heavy (non-hydrogen) atoms. The van der Waals surface area contributed by atoms with Gasteiger partial charge in [0.25, 0.3) is 0 Å². The second kappa shape index (κ2) is 3.13. The van der Waals surface area contributed by atoms with Crippen LogP contribution in [0.5, 0.6) is 0 Å². The first-order valence-corrected chi connectivity index (χ1v) is 5.07. The van der Waals surface area contributed by atoms with Gasteiger partial charge in [0.1, 0.15) is 0 Å². The van der Waals surface area contributed by atoms with Crippen molar-refractivity contribution >= 4 is 0 Å². The Morgan fingerprint density at radius 3 is 2.07 bits per heavy atom. The molecule has 0 saturated heterocycles. The fraction of sp³-hybridized carbons (Fsp3) is 0.286. The zero-order valence-electron chi connectivity index (χ0n) is 9.31. The van der Waals surface area contributed by atoms with Crippen molar-refractivity contribution in [1.82, 2.24) is 0 Å². The first kappa shape index (κ1) is 9.26. The third-order valence-corrected chi connectivity index (χ3v) is 2.87. The maximum absolute atomic E-state index is 2.27. The van der Waals surface area contributed by atoms with E-state index in [1.807, 2.05) is 0 Å². The zero-order chi connectivity index (χ0) is 10.3. The molecule has 0 aliphatic heterocycles. The molecule has 0 heteroatoms. The number of hydrogen-bond acceptors (Lipinski definition) is 0. The summed E-state index contributed by atoms with van der Waals surface area (Å²) in [4.78, 5) is 0. The molecule has 0 N–H and O–H groups in total. The molecule has 0 aromatic heterocycles. The third-order valence-electron chi connectivity index (χ3n) is 2.87. The maximum Gasteiger partial charge on any atom is -0.0123 e. The van der Waals surface area contributed by atoms with Crippen molar-refractivity contribution in [2.75, 3.05) is 0 Å². The molecule has 0 aromatic carbocycles. The number of fused-ring (bicyclic) bond motifs is 1. The maximum atomic E-state index is 2.27. The fourth-order valence-corrected chi connectivity index (χ4v) is 2.31. The van der Waals surface area contributed by atoms with Gasteiger partial charge in [-0.25, -0.2) is 0 Å². The topological polar surface area (TPSA) is 0 Å². The van der Waals surface area contributed by atoms with Crippen LogP contribution in [0.1, 0.15) is 22.3 Å². The summed E-state index contributed by atoms with van der Waals surface area (Å²) in [5.41, 5.74) is 8.31. The third kappa shape index (κ3) is 1.31. The van der Waals surface area contributed by atoms with E-state index < -0.39 is 0 Å². The van der Waals surface area contributed by atoms with Crippen molar-refractivity contribution < 1.29 is 0 Å². The van der Waals surface area contributed by atoms with E-state index >= 15 is 0 Å². The minimum atomic E-state index is 1.34. The van der Waals surface area contributed by atoms with Gasteiger partial charge in [-0.05, 0) is 55.5 Å². The summed E-state index contributed by atoms with van der Waals surface area (Å²) in [5, 5.41) is 0. The van der Waals surface area contributed by atoms with Crippen molar-refractivity contribution in [3.8, 4) is 11.1 Å². The van der Waals surface area contributed by atoms with Crippen LogP contribution >= 0.6 is 0 Å². The molecular formula is C14H16. The highest BCUT2D eigenvalue weighted by atomic mass is 14.5. The SMILES string of the molecule is Cc1cc(C)c2c[13cH]c(C)[13c]-2c(C)c1. The Hall–Kier alpha value is -1.30. The molecule has 0 fully saturated rings. The van der Waals surface area contributed by atoms with Crippen molar-refractivity contribution in [2.45, 2.75) is 27.7 Å². The van der Waals surface area contributed by atoms with E-state index in [0.717, 1.165) is 0 Å². The Balaban J connectivity index is 2.88. The lowest BCUT2D eigenvalue weighted by molar-refractivity contribution is 1.41. The lowest BCUT2D eigenvalue weighted by atomic mass is 10.2. The van der Waals surface area contributed by atoms with Crippen LogP contribution in [0.25, 0.3) is 11.1 Å². The molecule has 0 spiro atoms. The van der Waals surface area contributed by atoms with Crippen LogP contribution in [0.15, 0.2) is 24.3 Å². The van der Waals surface area contributed by atoms with Gasteiger partial charge < -0.3 is 0 Å². The van der Waals surface area contributed by atoms with E-state index in [1.54, 1.807) is 0 Å². The summed E-state index contributed by atoms with van der Waals surface area (Å²) < 4.78 is 0. The van der Waals surface area contributed by atoms with Gasteiger partial charge in [0.2, 0.25) is 0 Å². The Kier molecular flexibility index (Phi) is 2.07. The molecule has 0 nitrogen and oxygen atoms in total. The molecule has 0 atom stereocenters. The quantitative estimate of drug-likeness (QED) is 0.582. The minimum Gasteiger partial charge on any atom is -0.0581 e. The van der Waals surface area contributed by atoms with E-state index in [9.17, 15) is 0 Å². The van der Waals surface area contributed by atoms with Crippen molar-refractivity contribution in [2.24, 2.45) is 0 Å². The molecule has 0 heterocycles. The lowest BCUT2D eigenvalue weighted by Crippen LogP contribution is -1.79. The molecule has 2 aliphatic rings. The van der Waals surface area contributed by atoms with Gasteiger partial charge in [-0.2, -0.15) is 0 Å². The van der Waals surface area contributed by atoms with Crippen LogP contribution in [0.3, 0.4) is 0 Å². The molecule has 0 saturated carbocycles. The fourth-order valence-electron chi connectivity index (χ4n) is 2.31. The van der Waals surface area contributed by atoms with E-state index in [1.165, 1.54) is 33.4 Å². The van der Waals surface area contributed by atoms with Crippen LogP contribution in [0.4, 0.5) is 0 Å². The largest absolute Gasteiger partial charge is 0.0581 e. The van der Waals surface area contributed by atoms with Crippen LogP contribution < -0.4 is 0 Å². The Bertz CT molecular complexity index is 452. The monoisotopic (exact) mass is 186 g/mol. The number of hydrogen-bond donors (Lipinski definition) is 0. The molecular weight excluding hydrogens is 170 g/mol. The van der Waals surface area contributed by atoms with Gasteiger partial charge in [-0.3, -0.25) is 0 Å². The highest BCUT2D eigenvalue weighted by molar-refractivity contribution is 5.76. The first-order chi connectivity index (χ1) is 6.59. The second-order valence-electron chi connectivity index (χ2n) is 4.20. The number of aryl methyl sites for hydroxylation is 4. The normalized spacial score (nSPS) is 10.9. The second-order valence-corrected chi connectivity index (χ2v) is 4.20. The van der Waals surface area contributed by atoms with Gasteiger partial charge in [-0.15, -0.1) is 0 Å². The lowest BCUT2D eigenvalue weighted by Gasteiger charge is -2.01. The smallest absolute Gasteiger partial charge is 0.0123 e. The summed E-state index contributed by atoms with van der Waals surface area (Å²) in [6.07, 6.45) is 0. The Morgan fingerprint density at radius 2 is 1.36 bits per heavy atom. The van der Waals surface area contributed by atoms with E-state index in [2.05, 4.69) is 52.0 Å². The van der Waals surface area contributed by atoms with Crippen LogP contribution in [0, 0.1) is 27.7 Å². The predicted molar refractivity (Wildman–Crippen MR) is 62.0 cm³/mol. The molecule has 2 rings (SSSR count). The summed E-state index contributed by atoms with van der Waals surface area (Å²) in [6, 6.07) is 8.96. The van der Waals surface area contributed by atoms with Crippen molar-refractivity contribution in [1.29, 1.82) is 0 Å². The average Bonchev–Trinajstić information content (AvgIpc) is 2.41. The van der Waals surface area contributed by atoms with Gasteiger partial charge in [0, 0.05) is 0 Å². The standard InChI is InChI=1S/C14H16/c1-9-7-11(3)13-6-5-10(2)14(13)12(4)8-9/h5-8H,1-4H3/i5+1,14+1. The van der Waals surface area contributed by atoms with E-state index in [0.29, 0.717) is 0 Å². The Labute approximate surface area is 85.9 Å². The zero-order valence-corrected chi connectivity index (χ0v) is 9.31. The summed E-state index contributed by atoms with van der Waals surface area (Å²) in [7, 11) is 0. The molecule has 0 amide bonds. The minimum absolute atomic E-state index is 1.34. The molecule has 2 aliphatic carbocycles. The highest BCUT2D eigenvalue weighted by Gasteiger charge is 2.10. The van der Waals surface area contributed by atoms with Gasteiger partial charge >= 0.3 is 0 Å². The molecule has 0 unspecified atom stereocenters. The summed E-state index contributed by atoms with van der Waals surface area (Å²) in [6.45, 7) is 8.73. The summed E-state index contributed by atoms with van der Waals surface area (Å²) >= 11 is 0. The molecule has 0 radical (unpaired) electrons. The van der Waals surface area contributed by atoms with Crippen LogP contribution in [-0.2, 0) is 0 Å². The van der Waals surface area contributed by atoms with Crippen LogP contribution in [-0.4, -0.2) is 0 Å². The summed E-state index contributed by atoms with van der Waals surface area (Å²) in [5.74, 6) is 0. The predicted octanol–water partition coefficient (Wildman–Crippen LogP) is 4.03. The van der Waals surface area contributed by atoms with Gasteiger partial charge in [-0.1, -0.05) is 29.8 Å². The average molecular weight is 186 g/mol. The molecule has 0 aromatic rings. The molecule has 72 valence electrons.